The van der Waals surface area contributed by atoms with E-state index >= 15 is 0 Å². The lowest BCUT2D eigenvalue weighted by Gasteiger charge is -2.15. The third kappa shape index (κ3) is 1.93. The fourth-order valence-corrected chi connectivity index (χ4v) is 4.01. The van der Waals surface area contributed by atoms with Crippen molar-refractivity contribution >= 4 is 22.6 Å². The number of aromatic nitrogens is 2. The molecule has 2 saturated carbocycles. The van der Waals surface area contributed by atoms with Crippen LogP contribution in [0.25, 0.3) is 0 Å². The fourth-order valence-electron chi connectivity index (χ4n) is 3.46. The van der Waals surface area contributed by atoms with Gasteiger partial charge in [0.2, 0.25) is 0 Å². The molecule has 2 aliphatic carbocycles. The normalized spacial score (nSPS) is 35.4. The summed E-state index contributed by atoms with van der Waals surface area (Å²) in [6.07, 6.45) is 2.99. The average molecular weight is 346 g/mol. The maximum absolute atomic E-state index is 5.46. The maximum Gasteiger partial charge on any atom is 0.123 e. The smallest absolute Gasteiger partial charge is 0.123 e. The highest BCUT2D eigenvalue weighted by atomic mass is 127. The van der Waals surface area contributed by atoms with E-state index in [0.29, 0.717) is 12.1 Å². The average Bonchev–Trinajstić information content (AvgIpc) is 2.66. The Morgan fingerprint density at radius 3 is 2.59 bits per heavy atom. The minimum Gasteiger partial charge on any atom is -0.381 e. The number of fused-ring (bicyclic) bond motifs is 1. The Labute approximate surface area is 116 Å². The molecule has 0 saturated heterocycles. The zero-order valence-electron chi connectivity index (χ0n) is 10.6. The molecule has 2 fully saturated rings. The van der Waals surface area contributed by atoms with Crippen LogP contribution >= 0.6 is 22.6 Å². The molecule has 0 N–H and O–H groups in total. The quantitative estimate of drug-likeness (QED) is 0.786. The predicted octanol–water partition coefficient (Wildman–Crippen LogP) is 3.21. The van der Waals surface area contributed by atoms with Crippen molar-refractivity contribution in [3.8, 4) is 0 Å². The highest BCUT2D eigenvalue weighted by Crippen LogP contribution is 2.63. The van der Waals surface area contributed by atoms with Crippen LogP contribution in [-0.2, 0) is 4.74 Å². The SMILES string of the molecule is CO[C@H]1C[C@@H]2[C@H](C1)[C@H]2c1cc(I)nn1C(C)C. The van der Waals surface area contributed by atoms with Crippen LogP contribution in [0.1, 0.15) is 44.3 Å². The van der Waals surface area contributed by atoms with Gasteiger partial charge in [-0.15, -0.1) is 0 Å². The van der Waals surface area contributed by atoms with Gasteiger partial charge in [0.1, 0.15) is 3.70 Å². The molecule has 1 aromatic heterocycles. The molecule has 3 rings (SSSR count). The van der Waals surface area contributed by atoms with E-state index in [2.05, 4.69) is 52.3 Å². The molecule has 1 heterocycles. The highest BCUT2D eigenvalue weighted by Gasteiger charge is 2.57. The molecule has 1 aromatic rings. The van der Waals surface area contributed by atoms with E-state index in [4.69, 9.17) is 4.74 Å². The molecule has 0 unspecified atom stereocenters. The highest BCUT2D eigenvalue weighted by molar-refractivity contribution is 14.1. The summed E-state index contributed by atoms with van der Waals surface area (Å²) >= 11 is 2.32. The minimum atomic E-state index is 0.466. The van der Waals surface area contributed by atoms with Crippen LogP contribution in [0, 0.1) is 15.5 Å². The van der Waals surface area contributed by atoms with Crippen molar-refractivity contribution < 1.29 is 4.74 Å². The molecule has 94 valence electrons. The first-order valence-electron chi connectivity index (χ1n) is 6.39. The molecule has 0 aromatic carbocycles. The van der Waals surface area contributed by atoms with Gasteiger partial charge in [0.25, 0.3) is 0 Å². The molecule has 2 aliphatic rings. The van der Waals surface area contributed by atoms with E-state index in [1.165, 1.54) is 18.5 Å². The number of halogens is 1. The number of rotatable bonds is 3. The van der Waals surface area contributed by atoms with Crippen molar-refractivity contribution in [1.29, 1.82) is 0 Å². The van der Waals surface area contributed by atoms with Gasteiger partial charge in [0.05, 0.1) is 6.10 Å². The Morgan fingerprint density at radius 1 is 1.41 bits per heavy atom. The Balaban J connectivity index is 1.80. The monoisotopic (exact) mass is 346 g/mol. The Bertz CT molecular complexity index is 417. The lowest BCUT2D eigenvalue weighted by atomic mass is 10.1. The molecule has 0 bridgehead atoms. The predicted molar refractivity (Wildman–Crippen MR) is 75.1 cm³/mol. The van der Waals surface area contributed by atoms with Crippen LogP contribution in [0.15, 0.2) is 6.07 Å². The van der Waals surface area contributed by atoms with E-state index < -0.39 is 0 Å². The summed E-state index contributed by atoms with van der Waals surface area (Å²) in [5.41, 5.74) is 1.45. The molecule has 0 spiro atoms. The zero-order valence-corrected chi connectivity index (χ0v) is 12.7. The summed E-state index contributed by atoms with van der Waals surface area (Å²) in [6.45, 7) is 4.42. The second-order valence-corrected chi connectivity index (χ2v) is 6.72. The summed E-state index contributed by atoms with van der Waals surface area (Å²) in [6, 6.07) is 2.74. The summed E-state index contributed by atoms with van der Waals surface area (Å²) in [5, 5.41) is 4.61. The minimum absolute atomic E-state index is 0.466. The third-order valence-corrected chi connectivity index (χ3v) is 4.83. The van der Waals surface area contributed by atoms with Gasteiger partial charge in [-0.05, 0) is 67.2 Å². The largest absolute Gasteiger partial charge is 0.381 e. The van der Waals surface area contributed by atoms with Gasteiger partial charge in [0, 0.05) is 24.8 Å². The number of ether oxygens (including phenoxy) is 1. The Morgan fingerprint density at radius 2 is 2.06 bits per heavy atom. The summed E-state index contributed by atoms with van der Waals surface area (Å²) in [7, 11) is 1.84. The van der Waals surface area contributed by atoms with Crippen LogP contribution < -0.4 is 0 Å². The standard InChI is InChI=1S/C13H19IN2O/c1-7(2)16-11(6-12(14)15-16)13-9-4-8(17-3)5-10(9)13/h6-10,13H,4-5H2,1-3H3/t8-,9+,10-,13-. The van der Waals surface area contributed by atoms with Crippen molar-refractivity contribution in [2.45, 2.75) is 44.8 Å². The molecule has 17 heavy (non-hydrogen) atoms. The summed E-state index contributed by atoms with van der Waals surface area (Å²) in [5.74, 6) is 2.45. The maximum atomic E-state index is 5.46. The first-order chi connectivity index (χ1) is 8.11. The van der Waals surface area contributed by atoms with Crippen molar-refractivity contribution in [3.63, 3.8) is 0 Å². The molecular formula is C13H19IN2O. The molecule has 0 amide bonds. The van der Waals surface area contributed by atoms with Gasteiger partial charge in [-0.3, -0.25) is 4.68 Å². The van der Waals surface area contributed by atoms with Crippen molar-refractivity contribution in [2.75, 3.05) is 7.11 Å². The summed E-state index contributed by atoms with van der Waals surface area (Å²) < 4.78 is 8.79. The number of methoxy groups -OCH3 is 1. The number of hydrogen-bond donors (Lipinski definition) is 0. The number of nitrogens with zero attached hydrogens (tertiary/aromatic N) is 2. The van der Waals surface area contributed by atoms with Crippen LogP contribution in [-0.4, -0.2) is 23.0 Å². The second kappa shape index (κ2) is 4.23. The lowest BCUT2D eigenvalue weighted by molar-refractivity contribution is 0.0961. The van der Waals surface area contributed by atoms with E-state index in [1.54, 1.807) is 0 Å². The molecular weight excluding hydrogens is 327 g/mol. The number of hydrogen-bond acceptors (Lipinski definition) is 2. The van der Waals surface area contributed by atoms with Crippen LogP contribution in [0.2, 0.25) is 0 Å². The molecule has 0 radical (unpaired) electrons. The molecule has 4 atom stereocenters. The van der Waals surface area contributed by atoms with Gasteiger partial charge in [-0.25, -0.2) is 0 Å². The fraction of sp³-hybridized carbons (Fsp3) is 0.769. The first-order valence-corrected chi connectivity index (χ1v) is 7.47. The van der Waals surface area contributed by atoms with Crippen molar-refractivity contribution in [3.05, 3.63) is 15.5 Å². The van der Waals surface area contributed by atoms with Gasteiger partial charge >= 0.3 is 0 Å². The van der Waals surface area contributed by atoms with Crippen molar-refractivity contribution in [1.82, 2.24) is 9.78 Å². The van der Waals surface area contributed by atoms with Crippen molar-refractivity contribution in [2.24, 2.45) is 11.8 Å². The zero-order chi connectivity index (χ0) is 12.2. The van der Waals surface area contributed by atoms with E-state index in [1.807, 2.05) is 7.11 Å². The van der Waals surface area contributed by atoms with Crippen LogP contribution in [0.3, 0.4) is 0 Å². The molecule has 0 aliphatic heterocycles. The summed E-state index contributed by atoms with van der Waals surface area (Å²) in [4.78, 5) is 0. The molecule has 4 heteroatoms. The second-order valence-electron chi connectivity index (χ2n) is 5.61. The van der Waals surface area contributed by atoms with E-state index in [-0.39, 0.29) is 0 Å². The Hall–Kier alpha value is -0.100. The first kappa shape index (κ1) is 12.0. The topological polar surface area (TPSA) is 27.1 Å². The van der Waals surface area contributed by atoms with Gasteiger partial charge in [-0.2, -0.15) is 5.10 Å². The van der Waals surface area contributed by atoms with E-state index in [0.717, 1.165) is 21.5 Å². The third-order valence-electron chi connectivity index (χ3n) is 4.30. The van der Waals surface area contributed by atoms with Gasteiger partial charge in [0.15, 0.2) is 0 Å². The van der Waals surface area contributed by atoms with E-state index in [9.17, 15) is 0 Å². The van der Waals surface area contributed by atoms with Crippen LogP contribution in [0.4, 0.5) is 0 Å². The van der Waals surface area contributed by atoms with Gasteiger partial charge < -0.3 is 4.74 Å². The van der Waals surface area contributed by atoms with Gasteiger partial charge in [-0.1, -0.05) is 0 Å². The van der Waals surface area contributed by atoms with Crippen LogP contribution in [0.5, 0.6) is 0 Å². The lowest BCUT2D eigenvalue weighted by Crippen LogP contribution is -2.12. The molecule has 3 nitrogen and oxygen atoms in total. The Kier molecular flexibility index (Phi) is 2.97.